The number of hydrogen-bond donors (Lipinski definition) is 2. The maximum Gasteiger partial charge on any atom is 0.290 e. The molecular weight excluding hydrogens is 122 g/mol. The van der Waals surface area contributed by atoms with Crippen LogP contribution in [0.3, 0.4) is 0 Å². The summed E-state index contributed by atoms with van der Waals surface area (Å²) >= 11 is 0. The van der Waals surface area contributed by atoms with Gasteiger partial charge < -0.3 is 10.4 Å². The van der Waals surface area contributed by atoms with E-state index in [9.17, 15) is 4.79 Å². The average Bonchev–Trinajstić information content (AvgIpc) is 2.20. The van der Waals surface area contributed by atoms with Crippen LogP contribution < -0.4 is 5.32 Å². The van der Waals surface area contributed by atoms with Crippen molar-refractivity contribution in [3.05, 3.63) is 0 Å². The maximum absolute atomic E-state index is 10.1. The van der Waals surface area contributed by atoms with Crippen LogP contribution in [0, 0.1) is 0 Å². The summed E-state index contributed by atoms with van der Waals surface area (Å²) in [5.74, 6) is 0.204. The second-order valence-electron chi connectivity index (χ2n) is 1.56. The third-order valence-electron chi connectivity index (χ3n) is 0.903. The summed E-state index contributed by atoms with van der Waals surface area (Å²) < 4.78 is 0. The molecule has 1 fully saturated rings. The third-order valence-corrected chi connectivity index (χ3v) is 0.903. The predicted molar refractivity (Wildman–Crippen MR) is 30.9 cm³/mol. The highest BCUT2D eigenvalue weighted by molar-refractivity contribution is 5.77. The first-order chi connectivity index (χ1) is 4.31. The summed E-state index contributed by atoms with van der Waals surface area (Å²) in [7, 11) is 0. The summed E-state index contributed by atoms with van der Waals surface area (Å²) in [6.45, 7) is 0.638. The number of nitrogens with one attached hydrogen (secondary N) is 1. The summed E-state index contributed by atoms with van der Waals surface area (Å²) in [6.07, 6.45) is 1.76. The Hall–Kier alpha value is -1.06. The van der Waals surface area contributed by atoms with Crippen molar-refractivity contribution >= 4 is 12.4 Å². The van der Waals surface area contributed by atoms with Crippen molar-refractivity contribution in [2.75, 3.05) is 6.54 Å². The van der Waals surface area contributed by atoms with Crippen molar-refractivity contribution in [2.45, 2.75) is 12.8 Å². The summed E-state index contributed by atoms with van der Waals surface area (Å²) in [5.41, 5.74) is 0. The first-order valence-electron chi connectivity index (χ1n) is 2.66. The average molecular weight is 131 g/mol. The van der Waals surface area contributed by atoms with Crippen LogP contribution in [0.4, 0.5) is 0 Å². The first kappa shape index (κ1) is 7.94. The van der Waals surface area contributed by atoms with E-state index < -0.39 is 0 Å². The molecule has 4 heteroatoms. The van der Waals surface area contributed by atoms with Crippen LogP contribution >= 0.6 is 0 Å². The number of carboxylic acid groups (broad SMARTS) is 1. The van der Waals surface area contributed by atoms with Gasteiger partial charge in [0.25, 0.3) is 6.47 Å². The fraction of sp³-hybridized carbons (Fsp3) is 0.600. The standard InChI is InChI=1S/C4H7NO.CH2O2/c6-4-2-1-3-5-4;2-1-3/h1-3H2,(H,5,6);1H,(H,2,3). The molecule has 0 radical (unpaired) electrons. The van der Waals surface area contributed by atoms with Gasteiger partial charge in [0.1, 0.15) is 0 Å². The molecule has 1 amide bonds. The number of amides is 1. The van der Waals surface area contributed by atoms with Crippen LogP contribution in [-0.2, 0) is 9.59 Å². The fourth-order valence-corrected chi connectivity index (χ4v) is 0.565. The monoisotopic (exact) mass is 131 g/mol. The number of carbonyl (C=O) groups excluding carboxylic acids is 1. The lowest BCUT2D eigenvalue weighted by atomic mass is 10.4. The van der Waals surface area contributed by atoms with E-state index in [1.807, 2.05) is 0 Å². The van der Waals surface area contributed by atoms with Crippen molar-refractivity contribution in [1.82, 2.24) is 5.32 Å². The van der Waals surface area contributed by atoms with Crippen molar-refractivity contribution in [3.63, 3.8) is 0 Å². The van der Waals surface area contributed by atoms with Gasteiger partial charge in [0.2, 0.25) is 5.91 Å². The molecule has 0 spiro atoms. The molecule has 0 aromatic carbocycles. The van der Waals surface area contributed by atoms with Crippen molar-refractivity contribution in [1.29, 1.82) is 0 Å². The Morgan fingerprint density at radius 2 is 2.22 bits per heavy atom. The highest BCUT2D eigenvalue weighted by Gasteiger charge is 2.05. The smallest absolute Gasteiger partial charge is 0.290 e. The van der Waals surface area contributed by atoms with Gasteiger partial charge in [-0.2, -0.15) is 0 Å². The van der Waals surface area contributed by atoms with Crippen LogP contribution in [0.15, 0.2) is 0 Å². The minimum absolute atomic E-state index is 0.204. The molecule has 0 atom stereocenters. The SMILES string of the molecule is O=C1CCCN1.O=CO. The lowest BCUT2D eigenvalue weighted by molar-refractivity contribution is -0.123. The zero-order valence-electron chi connectivity index (χ0n) is 4.96. The van der Waals surface area contributed by atoms with E-state index in [4.69, 9.17) is 9.90 Å². The predicted octanol–water partition coefficient (Wildman–Crippen LogP) is -0.403. The minimum atomic E-state index is -0.250. The summed E-state index contributed by atoms with van der Waals surface area (Å²) in [5, 5.41) is 9.57. The molecule has 1 rings (SSSR count). The van der Waals surface area contributed by atoms with Crippen LogP contribution in [0.25, 0.3) is 0 Å². The molecular formula is C5H9NO3. The molecule has 0 aromatic rings. The third kappa shape index (κ3) is 4.80. The van der Waals surface area contributed by atoms with Crippen LogP contribution in [-0.4, -0.2) is 24.0 Å². The first-order valence-corrected chi connectivity index (χ1v) is 2.66. The Balaban J connectivity index is 0.000000187. The van der Waals surface area contributed by atoms with E-state index >= 15 is 0 Å². The van der Waals surface area contributed by atoms with E-state index in [0.717, 1.165) is 19.4 Å². The molecule has 52 valence electrons. The van der Waals surface area contributed by atoms with Crippen molar-refractivity contribution in [2.24, 2.45) is 0 Å². The van der Waals surface area contributed by atoms with Gasteiger partial charge in [-0.3, -0.25) is 9.59 Å². The zero-order chi connectivity index (χ0) is 7.11. The Morgan fingerprint density at radius 1 is 1.67 bits per heavy atom. The second-order valence-corrected chi connectivity index (χ2v) is 1.56. The molecule has 4 nitrogen and oxygen atoms in total. The molecule has 0 aliphatic carbocycles. The van der Waals surface area contributed by atoms with Crippen LogP contribution in [0.5, 0.6) is 0 Å². The molecule has 0 bridgehead atoms. The fourth-order valence-electron chi connectivity index (χ4n) is 0.565. The highest BCUT2D eigenvalue weighted by Crippen LogP contribution is 1.93. The van der Waals surface area contributed by atoms with Crippen LogP contribution in [0.2, 0.25) is 0 Å². The topological polar surface area (TPSA) is 66.4 Å². The van der Waals surface area contributed by atoms with Gasteiger partial charge in [-0.1, -0.05) is 0 Å². The molecule has 1 heterocycles. The molecule has 1 aliphatic rings. The van der Waals surface area contributed by atoms with Gasteiger partial charge in [0.15, 0.2) is 0 Å². The van der Waals surface area contributed by atoms with Gasteiger partial charge in [0, 0.05) is 13.0 Å². The zero-order valence-corrected chi connectivity index (χ0v) is 4.96. The Labute approximate surface area is 52.9 Å². The lowest BCUT2D eigenvalue weighted by Crippen LogP contribution is -2.12. The van der Waals surface area contributed by atoms with Gasteiger partial charge >= 0.3 is 0 Å². The van der Waals surface area contributed by atoms with Gasteiger partial charge in [0.05, 0.1) is 0 Å². The molecule has 1 aliphatic heterocycles. The Morgan fingerprint density at radius 3 is 2.33 bits per heavy atom. The van der Waals surface area contributed by atoms with Crippen LogP contribution in [0.1, 0.15) is 12.8 Å². The normalized spacial score (nSPS) is 15.3. The molecule has 2 N–H and O–H groups in total. The second kappa shape index (κ2) is 5.08. The summed E-state index contributed by atoms with van der Waals surface area (Å²) in [4.78, 5) is 18.5. The molecule has 0 saturated carbocycles. The molecule has 0 aromatic heterocycles. The maximum atomic E-state index is 10.1. The molecule has 0 unspecified atom stereocenters. The van der Waals surface area contributed by atoms with Gasteiger partial charge in [-0.05, 0) is 6.42 Å². The van der Waals surface area contributed by atoms with E-state index in [1.54, 1.807) is 0 Å². The lowest BCUT2D eigenvalue weighted by Gasteiger charge is -1.80. The largest absolute Gasteiger partial charge is 0.483 e. The van der Waals surface area contributed by atoms with Crippen molar-refractivity contribution < 1.29 is 14.7 Å². The van der Waals surface area contributed by atoms with Gasteiger partial charge in [-0.15, -0.1) is 0 Å². The Bertz CT molecular complexity index is 94.4. The van der Waals surface area contributed by atoms with E-state index in [2.05, 4.69) is 5.32 Å². The minimum Gasteiger partial charge on any atom is -0.483 e. The highest BCUT2D eigenvalue weighted by atomic mass is 16.3. The van der Waals surface area contributed by atoms with Gasteiger partial charge in [-0.25, -0.2) is 0 Å². The quantitative estimate of drug-likeness (QED) is 0.439. The molecule has 9 heavy (non-hydrogen) atoms. The number of hydrogen-bond acceptors (Lipinski definition) is 2. The van der Waals surface area contributed by atoms with E-state index in [-0.39, 0.29) is 12.4 Å². The number of carbonyl (C=O) groups is 2. The van der Waals surface area contributed by atoms with E-state index in [1.165, 1.54) is 0 Å². The molecule has 1 saturated heterocycles. The van der Waals surface area contributed by atoms with Crippen molar-refractivity contribution in [3.8, 4) is 0 Å². The van der Waals surface area contributed by atoms with E-state index in [0.29, 0.717) is 0 Å². The number of rotatable bonds is 0. The summed E-state index contributed by atoms with van der Waals surface area (Å²) in [6, 6.07) is 0. The Kier molecular flexibility index (Phi) is 4.49.